The maximum atomic E-state index is 5.81. The Kier molecular flexibility index (Phi) is 3.31. The molecule has 0 unspecified atom stereocenters. The van der Waals surface area contributed by atoms with Gasteiger partial charge in [0.1, 0.15) is 5.82 Å². The molecule has 0 amide bonds. The summed E-state index contributed by atoms with van der Waals surface area (Å²) in [4.78, 5) is 10.9. The Labute approximate surface area is 125 Å². The van der Waals surface area contributed by atoms with Crippen LogP contribution in [-0.2, 0) is 7.05 Å². The highest BCUT2D eigenvalue weighted by Gasteiger charge is 2.31. The molecule has 6 nitrogen and oxygen atoms in total. The highest BCUT2D eigenvalue weighted by molar-refractivity contribution is 5.48. The smallest absolute Gasteiger partial charge is 0.222 e. The van der Waals surface area contributed by atoms with Crippen LogP contribution in [0.4, 0.5) is 11.8 Å². The lowest BCUT2D eigenvalue weighted by Crippen LogP contribution is -2.25. The van der Waals surface area contributed by atoms with Gasteiger partial charge >= 0.3 is 0 Å². The molecule has 1 fully saturated rings. The van der Waals surface area contributed by atoms with E-state index < -0.39 is 0 Å². The van der Waals surface area contributed by atoms with Crippen LogP contribution in [0.2, 0.25) is 0 Å². The Balaban J connectivity index is 2.03. The zero-order valence-electron chi connectivity index (χ0n) is 13.1. The van der Waals surface area contributed by atoms with Crippen molar-refractivity contribution in [2.75, 3.05) is 17.2 Å². The van der Waals surface area contributed by atoms with Crippen LogP contribution in [0.5, 0.6) is 0 Å². The van der Waals surface area contributed by atoms with Gasteiger partial charge in [-0.05, 0) is 33.6 Å². The van der Waals surface area contributed by atoms with Gasteiger partial charge in [0.15, 0.2) is 0 Å². The number of aromatic nitrogens is 4. The highest BCUT2D eigenvalue weighted by atomic mass is 15.3. The first-order valence-electron chi connectivity index (χ1n) is 7.35. The van der Waals surface area contributed by atoms with Gasteiger partial charge in [-0.3, -0.25) is 4.68 Å². The molecule has 0 aromatic carbocycles. The molecule has 0 bridgehead atoms. The maximum absolute atomic E-state index is 5.81. The molecule has 0 aliphatic carbocycles. The quantitative estimate of drug-likeness (QED) is 0.914. The number of nitrogens with zero attached hydrogens (tertiary/aromatic N) is 5. The molecule has 21 heavy (non-hydrogen) atoms. The largest absolute Gasteiger partial charge is 0.368 e. The predicted octanol–water partition coefficient (Wildman–Crippen LogP) is 2.06. The molecule has 1 aliphatic heterocycles. The number of aryl methyl sites for hydroxylation is 3. The molecule has 3 heterocycles. The SMILES string of the molecule is Cc1cc(N2CCC[C@H]2c2c(C)nn(C)c2C)nc(N)n1. The maximum Gasteiger partial charge on any atom is 0.222 e. The van der Waals surface area contributed by atoms with E-state index in [-0.39, 0.29) is 0 Å². The van der Waals surface area contributed by atoms with E-state index >= 15 is 0 Å². The summed E-state index contributed by atoms with van der Waals surface area (Å²) in [5.74, 6) is 1.26. The third kappa shape index (κ3) is 2.34. The Morgan fingerprint density at radius 2 is 2.00 bits per heavy atom. The van der Waals surface area contributed by atoms with Gasteiger partial charge in [0, 0.05) is 36.6 Å². The number of nitrogen functional groups attached to an aromatic ring is 1. The number of rotatable bonds is 2. The normalized spacial score (nSPS) is 18.5. The van der Waals surface area contributed by atoms with Gasteiger partial charge in [-0.15, -0.1) is 0 Å². The van der Waals surface area contributed by atoms with Crippen molar-refractivity contribution in [2.45, 2.75) is 39.7 Å². The summed E-state index contributed by atoms with van der Waals surface area (Å²) in [5.41, 5.74) is 10.4. The first-order valence-corrected chi connectivity index (χ1v) is 7.35. The van der Waals surface area contributed by atoms with E-state index in [4.69, 9.17) is 5.73 Å². The monoisotopic (exact) mass is 286 g/mol. The zero-order chi connectivity index (χ0) is 15.1. The Morgan fingerprint density at radius 1 is 1.24 bits per heavy atom. The van der Waals surface area contributed by atoms with Gasteiger partial charge in [-0.25, -0.2) is 4.98 Å². The number of hydrogen-bond donors (Lipinski definition) is 1. The molecular formula is C15H22N6. The van der Waals surface area contributed by atoms with Crippen molar-refractivity contribution in [1.82, 2.24) is 19.7 Å². The number of hydrogen-bond acceptors (Lipinski definition) is 5. The second kappa shape index (κ2) is 5.02. The molecule has 1 aliphatic rings. The minimum Gasteiger partial charge on any atom is -0.368 e. The average Bonchev–Trinajstić information content (AvgIpc) is 2.94. The van der Waals surface area contributed by atoms with Gasteiger partial charge in [0.25, 0.3) is 0 Å². The van der Waals surface area contributed by atoms with Gasteiger partial charge in [-0.1, -0.05) is 0 Å². The second-order valence-corrected chi connectivity index (χ2v) is 5.79. The average molecular weight is 286 g/mol. The van der Waals surface area contributed by atoms with E-state index in [0.29, 0.717) is 12.0 Å². The van der Waals surface area contributed by atoms with Crippen LogP contribution in [0.1, 0.15) is 41.5 Å². The van der Waals surface area contributed by atoms with Crippen molar-refractivity contribution in [1.29, 1.82) is 0 Å². The number of anilines is 2. The lowest BCUT2D eigenvalue weighted by Gasteiger charge is -2.26. The van der Waals surface area contributed by atoms with Crippen LogP contribution in [-0.4, -0.2) is 26.3 Å². The molecule has 1 saturated heterocycles. The Bertz CT molecular complexity index is 655. The van der Waals surface area contributed by atoms with Crippen molar-refractivity contribution in [3.8, 4) is 0 Å². The third-order valence-electron chi connectivity index (χ3n) is 4.30. The van der Waals surface area contributed by atoms with Gasteiger partial charge < -0.3 is 10.6 Å². The van der Waals surface area contributed by atoms with E-state index in [2.05, 4.69) is 33.8 Å². The van der Waals surface area contributed by atoms with Crippen molar-refractivity contribution in [3.05, 3.63) is 28.7 Å². The molecule has 2 aromatic heterocycles. The molecular weight excluding hydrogens is 264 g/mol. The van der Waals surface area contributed by atoms with Crippen LogP contribution < -0.4 is 10.6 Å². The Hall–Kier alpha value is -2.11. The molecule has 2 aromatic rings. The first kappa shape index (κ1) is 13.9. The fourth-order valence-electron chi connectivity index (χ4n) is 3.33. The van der Waals surface area contributed by atoms with Crippen LogP contribution in [0.25, 0.3) is 0 Å². The minimum atomic E-state index is 0.326. The number of nitrogens with two attached hydrogens (primary N) is 1. The van der Waals surface area contributed by atoms with E-state index in [1.807, 2.05) is 24.7 Å². The molecule has 6 heteroatoms. The van der Waals surface area contributed by atoms with E-state index in [1.165, 1.54) is 11.3 Å². The molecule has 112 valence electrons. The van der Waals surface area contributed by atoms with Gasteiger partial charge in [0.05, 0.1) is 11.7 Å². The fourth-order valence-corrected chi connectivity index (χ4v) is 3.33. The zero-order valence-corrected chi connectivity index (χ0v) is 13.1. The van der Waals surface area contributed by atoms with Gasteiger partial charge in [0.2, 0.25) is 5.95 Å². The van der Waals surface area contributed by atoms with E-state index in [1.54, 1.807) is 0 Å². The van der Waals surface area contributed by atoms with Crippen molar-refractivity contribution in [2.24, 2.45) is 7.05 Å². The van der Waals surface area contributed by atoms with E-state index in [9.17, 15) is 0 Å². The lowest BCUT2D eigenvalue weighted by atomic mass is 10.0. The summed E-state index contributed by atoms with van der Waals surface area (Å²) in [6.07, 6.45) is 2.28. The summed E-state index contributed by atoms with van der Waals surface area (Å²) in [6.45, 7) is 7.16. The standard InChI is InChI=1S/C15H22N6/c1-9-8-13(18-15(16)17-9)21-7-5-6-12(21)14-10(2)19-20(4)11(14)3/h8,12H,5-7H2,1-4H3,(H2,16,17,18)/t12-/m0/s1. The molecule has 3 rings (SSSR count). The molecule has 0 spiro atoms. The molecule has 0 saturated carbocycles. The third-order valence-corrected chi connectivity index (χ3v) is 4.30. The lowest BCUT2D eigenvalue weighted by molar-refractivity contribution is 0.693. The summed E-state index contributed by atoms with van der Waals surface area (Å²) >= 11 is 0. The molecule has 0 radical (unpaired) electrons. The van der Waals surface area contributed by atoms with Gasteiger partial charge in [-0.2, -0.15) is 10.1 Å². The van der Waals surface area contributed by atoms with Crippen molar-refractivity contribution < 1.29 is 0 Å². The van der Waals surface area contributed by atoms with Crippen molar-refractivity contribution in [3.63, 3.8) is 0 Å². The summed E-state index contributed by atoms with van der Waals surface area (Å²) < 4.78 is 1.96. The second-order valence-electron chi connectivity index (χ2n) is 5.79. The fraction of sp³-hybridized carbons (Fsp3) is 0.533. The highest BCUT2D eigenvalue weighted by Crippen LogP contribution is 2.38. The van der Waals surface area contributed by atoms with Crippen LogP contribution in [0.3, 0.4) is 0 Å². The minimum absolute atomic E-state index is 0.326. The van der Waals surface area contributed by atoms with E-state index in [0.717, 1.165) is 36.6 Å². The predicted molar refractivity (Wildman–Crippen MR) is 83.2 cm³/mol. The molecule has 1 atom stereocenters. The topological polar surface area (TPSA) is 72.9 Å². The molecule has 2 N–H and O–H groups in total. The summed E-state index contributed by atoms with van der Waals surface area (Å²) in [7, 11) is 2.00. The summed E-state index contributed by atoms with van der Waals surface area (Å²) in [5, 5.41) is 4.55. The van der Waals surface area contributed by atoms with Crippen molar-refractivity contribution >= 4 is 11.8 Å². The van der Waals surface area contributed by atoms with Crippen LogP contribution in [0.15, 0.2) is 6.07 Å². The Morgan fingerprint density at radius 3 is 2.62 bits per heavy atom. The van der Waals surface area contributed by atoms with Crippen LogP contribution in [0, 0.1) is 20.8 Å². The first-order chi connectivity index (χ1) is 9.97. The summed E-state index contributed by atoms with van der Waals surface area (Å²) in [6, 6.07) is 2.34. The van der Waals surface area contributed by atoms with Crippen LogP contribution >= 0.6 is 0 Å².